The second kappa shape index (κ2) is 7.18. The van der Waals surface area contributed by atoms with Crippen molar-refractivity contribution in [3.05, 3.63) is 76.0 Å². The maximum absolute atomic E-state index is 12.9. The maximum atomic E-state index is 12.9. The van der Waals surface area contributed by atoms with Gasteiger partial charge in [0.05, 0.1) is 6.04 Å². The molecule has 2 rings (SSSR count). The molecule has 0 saturated carbocycles. The van der Waals surface area contributed by atoms with E-state index >= 15 is 0 Å². The minimum atomic E-state index is -0.285. The Morgan fingerprint density at radius 3 is 2.62 bits per heavy atom. The number of carbonyl (C=O) groups is 1. The molecule has 0 saturated heterocycles. The standard InChI is InChI=1S/C17H15BrFNO/c1-12(14-6-8-16(19)9-7-14)20-17(21)10-5-13-3-2-4-15(18)11-13/h2-12H,1H3,(H,20,21)/b10-5+/t12-/m0/s1. The number of nitrogens with one attached hydrogen (secondary N) is 1. The van der Waals surface area contributed by atoms with E-state index in [9.17, 15) is 9.18 Å². The predicted octanol–water partition coefficient (Wildman–Crippen LogP) is 4.48. The fourth-order valence-corrected chi connectivity index (χ4v) is 2.30. The predicted molar refractivity (Wildman–Crippen MR) is 86.1 cm³/mol. The lowest BCUT2D eigenvalue weighted by molar-refractivity contribution is -0.117. The van der Waals surface area contributed by atoms with Gasteiger partial charge >= 0.3 is 0 Å². The number of halogens is 2. The Labute approximate surface area is 131 Å². The molecule has 2 aromatic carbocycles. The summed E-state index contributed by atoms with van der Waals surface area (Å²) in [5.74, 6) is -0.473. The first-order valence-corrected chi connectivity index (χ1v) is 7.33. The van der Waals surface area contributed by atoms with Crippen molar-refractivity contribution in [1.29, 1.82) is 0 Å². The zero-order chi connectivity index (χ0) is 15.2. The summed E-state index contributed by atoms with van der Waals surface area (Å²) in [6.45, 7) is 1.86. The Morgan fingerprint density at radius 1 is 1.24 bits per heavy atom. The van der Waals surface area contributed by atoms with Gasteiger partial charge in [0.25, 0.3) is 0 Å². The molecule has 4 heteroatoms. The van der Waals surface area contributed by atoms with Crippen molar-refractivity contribution in [3.63, 3.8) is 0 Å². The molecule has 1 amide bonds. The molecule has 0 aliphatic heterocycles. The lowest BCUT2D eigenvalue weighted by Gasteiger charge is -2.12. The molecule has 108 valence electrons. The first-order chi connectivity index (χ1) is 10.0. The smallest absolute Gasteiger partial charge is 0.244 e. The van der Waals surface area contributed by atoms with Crippen molar-refractivity contribution in [2.24, 2.45) is 0 Å². The maximum Gasteiger partial charge on any atom is 0.244 e. The van der Waals surface area contributed by atoms with E-state index < -0.39 is 0 Å². The van der Waals surface area contributed by atoms with Crippen LogP contribution in [0.2, 0.25) is 0 Å². The van der Waals surface area contributed by atoms with E-state index in [2.05, 4.69) is 21.2 Å². The largest absolute Gasteiger partial charge is 0.346 e. The summed E-state index contributed by atoms with van der Waals surface area (Å²) < 4.78 is 13.8. The van der Waals surface area contributed by atoms with Crippen LogP contribution >= 0.6 is 15.9 Å². The Kier molecular flexibility index (Phi) is 5.28. The van der Waals surface area contributed by atoms with Crippen LogP contribution in [0.15, 0.2) is 59.1 Å². The van der Waals surface area contributed by atoms with Crippen LogP contribution < -0.4 is 5.32 Å². The van der Waals surface area contributed by atoms with E-state index in [-0.39, 0.29) is 17.8 Å². The van der Waals surface area contributed by atoms with Gasteiger partial charge in [0.2, 0.25) is 5.91 Å². The highest BCUT2D eigenvalue weighted by Crippen LogP contribution is 2.14. The zero-order valence-electron chi connectivity index (χ0n) is 11.5. The summed E-state index contributed by atoms with van der Waals surface area (Å²) >= 11 is 3.38. The second-order valence-electron chi connectivity index (χ2n) is 4.67. The third-order valence-corrected chi connectivity index (χ3v) is 3.50. The summed E-state index contributed by atoms with van der Waals surface area (Å²) in [4.78, 5) is 11.9. The fraction of sp³-hybridized carbons (Fsp3) is 0.118. The van der Waals surface area contributed by atoms with Gasteiger partial charge in [-0.1, -0.05) is 40.2 Å². The number of rotatable bonds is 4. The molecule has 0 aliphatic rings. The van der Waals surface area contributed by atoms with Crippen molar-refractivity contribution in [1.82, 2.24) is 5.32 Å². The zero-order valence-corrected chi connectivity index (χ0v) is 13.1. The van der Waals surface area contributed by atoms with Gasteiger partial charge in [0.1, 0.15) is 5.82 Å². The number of benzene rings is 2. The summed E-state index contributed by atoms with van der Waals surface area (Å²) in [7, 11) is 0. The van der Waals surface area contributed by atoms with Crippen LogP contribution in [0.5, 0.6) is 0 Å². The lowest BCUT2D eigenvalue weighted by Crippen LogP contribution is -2.24. The summed E-state index contributed by atoms with van der Waals surface area (Å²) in [6, 6.07) is 13.6. The van der Waals surface area contributed by atoms with Crippen LogP contribution in [0.4, 0.5) is 4.39 Å². The van der Waals surface area contributed by atoms with Crippen molar-refractivity contribution in [3.8, 4) is 0 Å². The summed E-state index contributed by atoms with van der Waals surface area (Å²) in [6.07, 6.45) is 3.24. The van der Waals surface area contributed by atoms with E-state index in [1.54, 1.807) is 18.2 Å². The molecule has 0 aliphatic carbocycles. The van der Waals surface area contributed by atoms with Crippen LogP contribution in [-0.4, -0.2) is 5.91 Å². The van der Waals surface area contributed by atoms with Crippen molar-refractivity contribution in [2.45, 2.75) is 13.0 Å². The molecule has 0 radical (unpaired) electrons. The molecule has 2 nitrogen and oxygen atoms in total. The summed E-state index contributed by atoms with van der Waals surface area (Å²) in [5.41, 5.74) is 1.80. The van der Waals surface area contributed by atoms with Crippen LogP contribution in [0.1, 0.15) is 24.1 Å². The van der Waals surface area contributed by atoms with Gasteiger partial charge in [-0.05, 0) is 48.4 Å². The molecule has 0 aromatic heterocycles. The highest BCUT2D eigenvalue weighted by Gasteiger charge is 2.07. The van der Waals surface area contributed by atoms with Gasteiger partial charge in [-0.2, -0.15) is 0 Å². The molecule has 2 aromatic rings. The van der Waals surface area contributed by atoms with E-state index in [1.165, 1.54) is 18.2 Å². The monoisotopic (exact) mass is 347 g/mol. The lowest BCUT2D eigenvalue weighted by atomic mass is 10.1. The first kappa shape index (κ1) is 15.4. The second-order valence-corrected chi connectivity index (χ2v) is 5.59. The van der Waals surface area contributed by atoms with Crippen LogP contribution in [0, 0.1) is 5.82 Å². The Morgan fingerprint density at radius 2 is 1.95 bits per heavy atom. The molecule has 0 fully saturated rings. The van der Waals surface area contributed by atoms with Crippen LogP contribution in [0.25, 0.3) is 6.08 Å². The average Bonchev–Trinajstić information content (AvgIpc) is 2.46. The SMILES string of the molecule is C[C@H](NC(=O)/C=C/c1cccc(Br)c1)c1ccc(F)cc1. The summed E-state index contributed by atoms with van der Waals surface area (Å²) in [5, 5.41) is 2.84. The minimum Gasteiger partial charge on any atom is -0.346 e. The van der Waals surface area contributed by atoms with Gasteiger partial charge in [0.15, 0.2) is 0 Å². The Bertz CT molecular complexity index is 652. The third kappa shape index (κ3) is 4.83. The molecule has 21 heavy (non-hydrogen) atoms. The number of amides is 1. The van der Waals surface area contributed by atoms with Gasteiger partial charge in [-0.25, -0.2) is 4.39 Å². The van der Waals surface area contributed by atoms with E-state index in [1.807, 2.05) is 31.2 Å². The highest BCUT2D eigenvalue weighted by molar-refractivity contribution is 9.10. The van der Waals surface area contributed by atoms with E-state index in [0.717, 1.165) is 15.6 Å². The van der Waals surface area contributed by atoms with Crippen molar-refractivity contribution in [2.75, 3.05) is 0 Å². The quantitative estimate of drug-likeness (QED) is 0.811. The van der Waals surface area contributed by atoms with Crippen molar-refractivity contribution < 1.29 is 9.18 Å². The van der Waals surface area contributed by atoms with Crippen LogP contribution in [-0.2, 0) is 4.79 Å². The first-order valence-electron chi connectivity index (χ1n) is 6.54. The normalized spacial score (nSPS) is 12.3. The highest BCUT2D eigenvalue weighted by atomic mass is 79.9. The number of hydrogen-bond acceptors (Lipinski definition) is 1. The molecule has 0 spiro atoms. The molecule has 1 N–H and O–H groups in total. The molecule has 0 bridgehead atoms. The minimum absolute atomic E-state index is 0.176. The molecule has 1 atom stereocenters. The van der Waals surface area contributed by atoms with Gasteiger partial charge < -0.3 is 5.32 Å². The fourth-order valence-electron chi connectivity index (χ4n) is 1.88. The van der Waals surface area contributed by atoms with E-state index in [0.29, 0.717) is 0 Å². The molecule has 0 heterocycles. The topological polar surface area (TPSA) is 29.1 Å². The van der Waals surface area contributed by atoms with Gasteiger partial charge in [-0.3, -0.25) is 4.79 Å². The van der Waals surface area contributed by atoms with Gasteiger partial charge in [0, 0.05) is 10.5 Å². The third-order valence-electron chi connectivity index (χ3n) is 3.00. The molecular weight excluding hydrogens is 333 g/mol. The van der Waals surface area contributed by atoms with Gasteiger partial charge in [-0.15, -0.1) is 0 Å². The van der Waals surface area contributed by atoms with Crippen LogP contribution in [0.3, 0.4) is 0 Å². The Hall–Kier alpha value is -1.94. The Balaban J connectivity index is 1.96. The van der Waals surface area contributed by atoms with Crippen molar-refractivity contribution >= 4 is 27.9 Å². The van der Waals surface area contributed by atoms with E-state index in [4.69, 9.17) is 0 Å². The number of carbonyl (C=O) groups excluding carboxylic acids is 1. The molecular formula is C17H15BrFNO. The number of hydrogen-bond donors (Lipinski definition) is 1. The average molecular weight is 348 g/mol. The molecule has 0 unspecified atom stereocenters.